The summed E-state index contributed by atoms with van der Waals surface area (Å²) in [6.07, 6.45) is 3.31. The van der Waals surface area contributed by atoms with Crippen LogP contribution in [-0.4, -0.2) is 26.7 Å². The van der Waals surface area contributed by atoms with Gasteiger partial charge >= 0.3 is 0 Å². The monoisotopic (exact) mass is 476 g/mol. The fourth-order valence-corrected chi connectivity index (χ4v) is 4.32. The van der Waals surface area contributed by atoms with Crippen molar-refractivity contribution in [1.82, 2.24) is 9.88 Å². The predicted octanol–water partition coefficient (Wildman–Crippen LogP) is 5.80. The van der Waals surface area contributed by atoms with Crippen LogP contribution in [0, 0.1) is 6.92 Å². The van der Waals surface area contributed by atoms with Crippen molar-refractivity contribution in [1.29, 1.82) is 0 Å². The lowest BCUT2D eigenvalue weighted by Gasteiger charge is -2.25. The van der Waals surface area contributed by atoms with Crippen molar-refractivity contribution in [2.45, 2.75) is 19.5 Å². The van der Waals surface area contributed by atoms with E-state index in [1.165, 1.54) is 4.90 Å². The Hall–Kier alpha value is -4.71. The molecular weight excluding hydrogens is 452 g/mol. The second-order valence-electron chi connectivity index (χ2n) is 8.64. The van der Waals surface area contributed by atoms with E-state index < -0.39 is 17.7 Å². The van der Waals surface area contributed by atoms with Gasteiger partial charge in [-0.15, -0.1) is 0 Å². The van der Waals surface area contributed by atoms with Gasteiger partial charge in [0.1, 0.15) is 17.3 Å². The van der Waals surface area contributed by atoms with Gasteiger partial charge in [0.2, 0.25) is 0 Å². The van der Waals surface area contributed by atoms with Crippen LogP contribution >= 0.6 is 0 Å². The van der Waals surface area contributed by atoms with Gasteiger partial charge in [-0.1, -0.05) is 66.2 Å². The molecule has 0 aliphatic carbocycles. The lowest BCUT2D eigenvalue weighted by atomic mass is 9.94. The lowest BCUT2D eigenvalue weighted by molar-refractivity contribution is -0.140. The third-order valence-corrected chi connectivity index (χ3v) is 6.09. The van der Waals surface area contributed by atoms with Crippen molar-refractivity contribution in [3.63, 3.8) is 0 Å². The highest BCUT2D eigenvalue weighted by molar-refractivity contribution is 6.46. The van der Waals surface area contributed by atoms with E-state index in [0.29, 0.717) is 22.6 Å². The first-order valence-corrected chi connectivity index (χ1v) is 11.6. The van der Waals surface area contributed by atoms with Crippen molar-refractivity contribution in [2.75, 3.05) is 0 Å². The van der Waals surface area contributed by atoms with E-state index in [-0.39, 0.29) is 17.9 Å². The molecule has 1 unspecified atom stereocenters. The van der Waals surface area contributed by atoms with Crippen molar-refractivity contribution < 1.29 is 19.4 Å². The summed E-state index contributed by atoms with van der Waals surface area (Å²) in [5.41, 5.74) is 2.97. The maximum atomic E-state index is 13.3. The number of carbonyl (C=O) groups excluding carboxylic acids is 2. The number of benzene rings is 3. The van der Waals surface area contributed by atoms with Gasteiger partial charge in [-0.25, -0.2) is 0 Å². The second-order valence-corrected chi connectivity index (χ2v) is 8.64. The Morgan fingerprint density at radius 3 is 2.39 bits per heavy atom. The number of ether oxygens (including phenoxy) is 1. The Balaban J connectivity index is 1.61. The van der Waals surface area contributed by atoms with Gasteiger partial charge in [0.15, 0.2) is 0 Å². The van der Waals surface area contributed by atoms with E-state index in [9.17, 15) is 14.7 Å². The number of Topliss-reactive ketones (excluding diaryl/α,β-unsaturated/α-hetero) is 1. The van der Waals surface area contributed by atoms with E-state index in [1.54, 1.807) is 36.7 Å². The Morgan fingerprint density at radius 1 is 0.917 bits per heavy atom. The Morgan fingerprint density at radius 2 is 1.67 bits per heavy atom. The fourth-order valence-electron chi connectivity index (χ4n) is 4.32. The van der Waals surface area contributed by atoms with Crippen LogP contribution in [0.4, 0.5) is 0 Å². The van der Waals surface area contributed by atoms with Gasteiger partial charge < -0.3 is 14.7 Å². The highest BCUT2D eigenvalue weighted by atomic mass is 16.5. The minimum Gasteiger partial charge on any atom is -0.507 e. The molecule has 2 heterocycles. The summed E-state index contributed by atoms with van der Waals surface area (Å²) in [4.78, 5) is 32.1. The van der Waals surface area contributed by atoms with Gasteiger partial charge in [-0.2, -0.15) is 0 Å². The topological polar surface area (TPSA) is 79.7 Å². The standard InChI is InChI=1S/C30H24N2O4/c1-20-12-14-22(15-13-20)28(33)26-27(32(30(35)29(26)34)19-21-7-6-16-31-18-21)23-8-5-11-25(17-23)36-24-9-3-2-4-10-24/h2-18,27,33H,19H2,1H3/b28-26-. The van der Waals surface area contributed by atoms with Crippen molar-refractivity contribution in [3.05, 3.63) is 131 Å². The van der Waals surface area contributed by atoms with Crippen LogP contribution in [-0.2, 0) is 16.1 Å². The van der Waals surface area contributed by atoms with Crippen LogP contribution < -0.4 is 4.74 Å². The molecule has 6 heteroatoms. The second kappa shape index (κ2) is 9.88. The zero-order chi connectivity index (χ0) is 25.1. The van der Waals surface area contributed by atoms with Crippen LogP contribution in [0.1, 0.15) is 28.3 Å². The molecule has 1 aromatic heterocycles. The van der Waals surface area contributed by atoms with Gasteiger partial charge in [0.05, 0.1) is 11.6 Å². The number of pyridine rings is 1. The number of nitrogens with zero attached hydrogens (tertiary/aromatic N) is 2. The number of para-hydroxylation sites is 1. The van der Waals surface area contributed by atoms with Crippen molar-refractivity contribution >= 4 is 17.4 Å². The molecule has 0 bridgehead atoms. The summed E-state index contributed by atoms with van der Waals surface area (Å²) in [6, 6.07) is 26.6. The molecular formula is C30H24N2O4. The molecule has 0 spiro atoms. The van der Waals surface area contributed by atoms with Crippen LogP contribution in [0.3, 0.4) is 0 Å². The first-order chi connectivity index (χ1) is 17.5. The normalized spacial score (nSPS) is 16.8. The molecule has 0 saturated carbocycles. The number of likely N-dealkylation sites (tertiary alicyclic amines) is 1. The number of aliphatic hydroxyl groups excluding tert-OH is 1. The third kappa shape index (κ3) is 4.61. The highest BCUT2D eigenvalue weighted by Gasteiger charge is 2.46. The highest BCUT2D eigenvalue weighted by Crippen LogP contribution is 2.41. The van der Waals surface area contributed by atoms with Crippen LogP contribution in [0.15, 0.2) is 109 Å². The minimum atomic E-state index is -0.800. The number of amides is 1. The van der Waals surface area contributed by atoms with Crippen LogP contribution in [0.2, 0.25) is 0 Å². The number of hydrogen-bond donors (Lipinski definition) is 1. The molecule has 6 nitrogen and oxygen atoms in total. The molecule has 1 fully saturated rings. The Kier molecular flexibility index (Phi) is 6.33. The third-order valence-electron chi connectivity index (χ3n) is 6.09. The Labute approximate surface area is 209 Å². The average Bonchev–Trinajstić information content (AvgIpc) is 3.15. The molecule has 1 amide bonds. The van der Waals surface area contributed by atoms with Gasteiger partial charge in [-0.05, 0) is 48.4 Å². The molecule has 1 aliphatic rings. The van der Waals surface area contributed by atoms with E-state index in [4.69, 9.17) is 4.74 Å². The smallest absolute Gasteiger partial charge is 0.295 e. The molecule has 1 saturated heterocycles. The van der Waals surface area contributed by atoms with E-state index in [1.807, 2.05) is 73.7 Å². The number of ketones is 1. The number of aliphatic hydroxyl groups is 1. The van der Waals surface area contributed by atoms with Gasteiger partial charge in [0, 0.05) is 24.5 Å². The van der Waals surface area contributed by atoms with Gasteiger partial charge in [-0.3, -0.25) is 14.6 Å². The summed E-state index contributed by atoms with van der Waals surface area (Å²) in [5, 5.41) is 11.3. The summed E-state index contributed by atoms with van der Waals surface area (Å²) in [5.74, 6) is -0.385. The van der Waals surface area contributed by atoms with Crippen molar-refractivity contribution in [3.8, 4) is 11.5 Å². The number of rotatable bonds is 6. The SMILES string of the molecule is Cc1ccc(/C(O)=C2/C(=O)C(=O)N(Cc3cccnc3)C2c2cccc(Oc3ccccc3)c2)cc1. The number of aryl methyl sites for hydroxylation is 1. The molecule has 1 N–H and O–H groups in total. The fraction of sp³-hybridized carbons (Fsp3) is 0.100. The summed E-state index contributed by atoms with van der Waals surface area (Å²) in [7, 11) is 0. The predicted molar refractivity (Wildman–Crippen MR) is 136 cm³/mol. The van der Waals surface area contributed by atoms with E-state index >= 15 is 0 Å². The van der Waals surface area contributed by atoms with Crippen LogP contribution in [0.25, 0.3) is 5.76 Å². The van der Waals surface area contributed by atoms with Crippen molar-refractivity contribution in [2.24, 2.45) is 0 Å². The molecule has 0 radical (unpaired) electrons. The van der Waals surface area contributed by atoms with E-state index in [2.05, 4.69) is 4.98 Å². The molecule has 5 rings (SSSR count). The summed E-state index contributed by atoms with van der Waals surface area (Å²) >= 11 is 0. The number of aromatic nitrogens is 1. The first-order valence-electron chi connectivity index (χ1n) is 11.6. The van der Waals surface area contributed by atoms with Gasteiger partial charge in [0.25, 0.3) is 11.7 Å². The zero-order valence-corrected chi connectivity index (χ0v) is 19.7. The Bertz CT molecular complexity index is 1430. The van der Waals surface area contributed by atoms with E-state index in [0.717, 1.165) is 11.1 Å². The lowest BCUT2D eigenvalue weighted by Crippen LogP contribution is -2.29. The summed E-state index contributed by atoms with van der Waals surface area (Å²) < 4.78 is 6.00. The average molecular weight is 477 g/mol. The molecule has 1 aliphatic heterocycles. The molecule has 1 atom stereocenters. The molecule has 178 valence electrons. The first kappa shape index (κ1) is 23.1. The molecule has 36 heavy (non-hydrogen) atoms. The van der Waals surface area contributed by atoms with Crippen LogP contribution in [0.5, 0.6) is 11.5 Å². The number of carbonyl (C=O) groups is 2. The molecule has 4 aromatic rings. The number of hydrogen-bond acceptors (Lipinski definition) is 5. The maximum Gasteiger partial charge on any atom is 0.295 e. The maximum absolute atomic E-state index is 13.3. The summed E-state index contributed by atoms with van der Waals surface area (Å²) in [6.45, 7) is 2.10. The minimum absolute atomic E-state index is 0.0459. The zero-order valence-electron chi connectivity index (χ0n) is 19.7. The quantitative estimate of drug-likeness (QED) is 0.216. The molecule has 3 aromatic carbocycles. The largest absolute Gasteiger partial charge is 0.507 e.